The van der Waals surface area contributed by atoms with Crippen molar-refractivity contribution in [3.63, 3.8) is 0 Å². The van der Waals surface area contributed by atoms with E-state index in [4.69, 9.17) is 9.47 Å². The lowest BCUT2D eigenvalue weighted by molar-refractivity contribution is -0.117. The monoisotopic (exact) mass is 377 g/mol. The topological polar surface area (TPSA) is 55.8 Å². The standard InChI is InChI=1S/C17H16BrNO4/c1-19-6-5-17-4-3-9(20)7-12(17)23-15-11(22-2)8-10(18)13(14(15)17)16(19)21/h3-4,8,12H,5-7H2,1-2H3/t12?,17-/m0/s1. The molecule has 2 atom stereocenters. The number of benzene rings is 1. The summed E-state index contributed by atoms with van der Waals surface area (Å²) in [5.74, 6) is 1.19. The summed E-state index contributed by atoms with van der Waals surface area (Å²) in [4.78, 5) is 26.4. The third-order valence-electron chi connectivity index (χ3n) is 5.09. The van der Waals surface area contributed by atoms with Gasteiger partial charge in [-0.1, -0.05) is 6.08 Å². The van der Waals surface area contributed by atoms with Crippen LogP contribution in [0.25, 0.3) is 0 Å². The van der Waals surface area contributed by atoms with Gasteiger partial charge in [-0.3, -0.25) is 9.59 Å². The van der Waals surface area contributed by atoms with Crippen LogP contribution in [0.2, 0.25) is 0 Å². The highest BCUT2D eigenvalue weighted by molar-refractivity contribution is 9.10. The predicted molar refractivity (Wildman–Crippen MR) is 87.1 cm³/mol. The SMILES string of the molecule is COc1cc(Br)c2c3c1OC1CC(=O)C=C[C@@]31CCN(C)C2=O. The largest absolute Gasteiger partial charge is 0.493 e. The molecule has 0 radical (unpaired) electrons. The normalized spacial score (nSPS) is 28.1. The molecule has 0 saturated heterocycles. The van der Waals surface area contributed by atoms with Gasteiger partial charge < -0.3 is 14.4 Å². The Hall–Kier alpha value is -1.82. The zero-order chi connectivity index (χ0) is 16.4. The van der Waals surface area contributed by atoms with Gasteiger partial charge >= 0.3 is 0 Å². The Labute approximate surface area is 142 Å². The van der Waals surface area contributed by atoms with Crippen LogP contribution in [0, 0.1) is 0 Å². The molecule has 2 heterocycles. The maximum Gasteiger partial charge on any atom is 0.255 e. The number of amides is 1. The first kappa shape index (κ1) is 14.8. The molecule has 0 saturated carbocycles. The summed E-state index contributed by atoms with van der Waals surface area (Å²) in [5, 5.41) is 0. The molecule has 120 valence electrons. The average Bonchev–Trinajstić information content (AvgIpc) is 2.80. The summed E-state index contributed by atoms with van der Waals surface area (Å²) in [6, 6.07) is 1.77. The molecule has 0 aromatic heterocycles. The molecule has 1 spiro atoms. The number of hydrogen-bond acceptors (Lipinski definition) is 4. The summed E-state index contributed by atoms with van der Waals surface area (Å²) < 4.78 is 12.3. The van der Waals surface area contributed by atoms with Crippen molar-refractivity contribution >= 4 is 27.6 Å². The smallest absolute Gasteiger partial charge is 0.255 e. The Morgan fingerprint density at radius 1 is 1.43 bits per heavy atom. The van der Waals surface area contributed by atoms with E-state index < -0.39 is 5.41 Å². The van der Waals surface area contributed by atoms with E-state index >= 15 is 0 Å². The zero-order valence-electron chi connectivity index (χ0n) is 12.9. The molecule has 5 nitrogen and oxygen atoms in total. The van der Waals surface area contributed by atoms with Crippen LogP contribution in [0.3, 0.4) is 0 Å². The molecule has 2 aliphatic heterocycles. The Bertz CT molecular complexity index is 772. The number of carbonyl (C=O) groups excluding carboxylic acids is 2. The third-order valence-corrected chi connectivity index (χ3v) is 5.72. The summed E-state index contributed by atoms with van der Waals surface area (Å²) in [6.07, 6.45) is 4.32. The fourth-order valence-corrected chi connectivity index (χ4v) is 4.44. The van der Waals surface area contributed by atoms with Crippen molar-refractivity contribution in [2.45, 2.75) is 24.4 Å². The third kappa shape index (κ3) is 1.84. The number of nitrogens with zero attached hydrogens (tertiary/aromatic N) is 1. The summed E-state index contributed by atoms with van der Waals surface area (Å²) >= 11 is 3.52. The fourth-order valence-electron chi connectivity index (χ4n) is 3.86. The van der Waals surface area contributed by atoms with Crippen molar-refractivity contribution in [2.75, 3.05) is 20.7 Å². The Kier molecular flexibility index (Phi) is 3.10. The lowest BCUT2D eigenvalue weighted by Crippen LogP contribution is -2.41. The molecule has 0 bridgehead atoms. The van der Waals surface area contributed by atoms with Crippen LogP contribution in [0.4, 0.5) is 0 Å². The van der Waals surface area contributed by atoms with Gasteiger partial charge in [0.25, 0.3) is 5.91 Å². The second-order valence-corrected chi connectivity index (χ2v) is 7.12. The van der Waals surface area contributed by atoms with Gasteiger partial charge in [0.2, 0.25) is 0 Å². The molecule has 4 rings (SSSR count). The zero-order valence-corrected chi connectivity index (χ0v) is 14.5. The molecule has 1 unspecified atom stereocenters. The highest BCUT2D eigenvalue weighted by Gasteiger charge is 2.54. The first-order chi connectivity index (χ1) is 11.0. The Morgan fingerprint density at radius 3 is 2.96 bits per heavy atom. The Morgan fingerprint density at radius 2 is 2.22 bits per heavy atom. The summed E-state index contributed by atoms with van der Waals surface area (Å²) in [7, 11) is 3.38. The molecule has 1 amide bonds. The number of methoxy groups -OCH3 is 1. The lowest BCUT2D eigenvalue weighted by Gasteiger charge is -2.33. The van der Waals surface area contributed by atoms with Crippen molar-refractivity contribution < 1.29 is 19.1 Å². The first-order valence-corrected chi connectivity index (χ1v) is 8.32. The number of hydrogen-bond donors (Lipinski definition) is 0. The van der Waals surface area contributed by atoms with E-state index in [0.717, 1.165) is 12.0 Å². The summed E-state index contributed by atoms with van der Waals surface area (Å²) in [6.45, 7) is 0.611. The minimum Gasteiger partial charge on any atom is -0.493 e. The number of rotatable bonds is 1. The highest BCUT2D eigenvalue weighted by Crippen LogP contribution is 2.56. The lowest BCUT2D eigenvalue weighted by atomic mass is 9.69. The molecule has 1 aromatic carbocycles. The van der Waals surface area contributed by atoms with Gasteiger partial charge in [0.1, 0.15) is 6.10 Å². The number of carbonyl (C=O) groups is 2. The predicted octanol–water partition coefficient (Wildman–Crippen LogP) is 2.46. The van der Waals surface area contributed by atoms with Gasteiger partial charge in [0, 0.05) is 30.0 Å². The number of halogens is 1. The minimum absolute atomic E-state index is 0.0396. The van der Waals surface area contributed by atoms with Crippen LogP contribution in [0.15, 0.2) is 22.7 Å². The average molecular weight is 378 g/mol. The molecule has 0 N–H and O–H groups in total. The van der Waals surface area contributed by atoms with E-state index in [1.807, 2.05) is 6.08 Å². The first-order valence-electron chi connectivity index (χ1n) is 7.53. The van der Waals surface area contributed by atoms with E-state index in [2.05, 4.69) is 15.9 Å². The molecule has 3 aliphatic rings. The van der Waals surface area contributed by atoms with Crippen LogP contribution in [0.5, 0.6) is 11.5 Å². The summed E-state index contributed by atoms with van der Waals surface area (Å²) in [5.41, 5.74) is 1.02. The van der Waals surface area contributed by atoms with Gasteiger partial charge in [-0.05, 0) is 34.5 Å². The van der Waals surface area contributed by atoms with Crippen molar-refractivity contribution in [2.24, 2.45) is 0 Å². The molecule has 6 heteroatoms. The van der Waals surface area contributed by atoms with Gasteiger partial charge in [-0.2, -0.15) is 0 Å². The highest BCUT2D eigenvalue weighted by atomic mass is 79.9. The second-order valence-electron chi connectivity index (χ2n) is 6.27. The van der Waals surface area contributed by atoms with E-state index in [0.29, 0.717) is 34.5 Å². The van der Waals surface area contributed by atoms with Crippen LogP contribution in [-0.4, -0.2) is 43.4 Å². The number of allylic oxidation sites excluding steroid dienone is 1. The van der Waals surface area contributed by atoms with E-state index in [-0.39, 0.29) is 17.8 Å². The van der Waals surface area contributed by atoms with Gasteiger partial charge in [0.15, 0.2) is 17.3 Å². The van der Waals surface area contributed by atoms with E-state index in [1.54, 1.807) is 31.2 Å². The van der Waals surface area contributed by atoms with Crippen LogP contribution >= 0.6 is 15.9 Å². The Balaban J connectivity index is 2.07. The quantitative estimate of drug-likeness (QED) is 0.754. The van der Waals surface area contributed by atoms with Crippen LogP contribution in [0.1, 0.15) is 28.8 Å². The van der Waals surface area contributed by atoms with Crippen LogP contribution < -0.4 is 9.47 Å². The van der Waals surface area contributed by atoms with E-state index in [1.165, 1.54) is 0 Å². The fraction of sp³-hybridized carbons (Fsp3) is 0.412. The molecule has 23 heavy (non-hydrogen) atoms. The maximum absolute atomic E-state index is 12.8. The molecule has 1 aliphatic carbocycles. The second kappa shape index (κ2) is 4.84. The van der Waals surface area contributed by atoms with E-state index in [9.17, 15) is 9.59 Å². The molecule has 0 fully saturated rings. The van der Waals surface area contributed by atoms with Crippen LogP contribution in [-0.2, 0) is 10.2 Å². The maximum atomic E-state index is 12.8. The molecular formula is C17H16BrNO4. The number of ketones is 1. The minimum atomic E-state index is -0.448. The molecular weight excluding hydrogens is 362 g/mol. The van der Waals surface area contributed by atoms with Crippen molar-refractivity contribution in [1.82, 2.24) is 4.90 Å². The van der Waals surface area contributed by atoms with Gasteiger partial charge in [0.05, 0.1) is 18.1 Å². The molecule has 1 aromatic rings. The van der Waals surface area contributed by atoms with Gasteiger partial charge in [-0.15, -0.1) is 0 Å². The van der Waals surface area contributed by atoms with Crippen molar-refractivity contribution in [1.29, 1.82) is 0 Å². The van der Waals surface area contributed by atoms with Crippen molar-refractivity contribution in [3.05, 3.63) is 33.8 Å². The van der Waals surface area contributed by atoms with Gasteiger partial charge in [-0.25, -0.2) is 0 Å². The van der Waals surface area contributed by atoms with Crippen molar-refractivity contribution in [3.8, 4) is 11.5 Å². The number of ether oxygens (including phenoxy) is 2.